The molecule has 0 spiro atoms. The Bertz CT molecular complexity index is 1660. The molecule has 2 N–H and O–H groups in total. The minimum absolute atomic E-state index is 0.134. The normalized spacial score (nSPS) is 15.1. The van der Waals surface area contributed by atoms with Gasteiger partial charge in [0.25, 0.3) is 5.91 Å². The van der Waals surface area contributed by atoms with Crippen LogP contribution in [0.5, 0.6) is 0 Å². The van der Waals surface area contributed by atoms with Crippen LogP contribution in [0.2, 0.25) is 0 Å². The standard InChI is InChI=1S/C28H28N6O3S/c1-7-8-16-14-29-23-22-17-9-10-20(31-19(17)11-12-21(22)38-24(23)26(35)30-16)18-13-15(2)32-33-25(18)34(6)27(36)37-28(3,4)5/h9-13,16,29H,14H2,1-6H3,(H,30,35)/t16-/m1/s1. The number of nitrogens with one attached hydrogen (secondary N) is 2. The quantitative estimate of drug-likeness (QED) is 0.347. The zero-order valence-electron chi connectivity index (χ0n) is 22.1. The fraction of sp³-hybridized carbons (Fsp3) is 0.321. The number of carbonyl (C=O) groups excluding carboxylic acids is 2. The highest BCUT2D eigenvalue weighted by Gasteiger charge is 2.27. The highest BCUT2D eigenvalue weighted by molar-refractivity contribution is 7.21. The van der Waals surface area contributed by atoms with Gasteiger partial charge in [-0.05, 0) is 65.0 Å². The Hall–Kier alpha value is -4.23. The van der Waals surface area contributed by atoms with E-state index in [9.17, 15) is 9.59 Å². The molecule has 9 nitrogen and oxygen atoms in total. The number of anilines is 2. The van der Waals surface area contributed by atoms with Gasteiger partial charge < -0.3 is 15.4 Å². The maximum absolute atomic E-state index is 12.9. The van der Waals surface area contributed by atoms with Crippen molar-refractivity contribution in [1.29, 1.82) is 0 Å². The van der Waals surface area contributed by atoms with E-state index in [-0.39, 0.29) is 11.9 Å². The van der Waals surface area contributed by atoms with Crippen LogP contribution in [0.15, 0.2) is 30.3 Å². The van der Waals surface area contributed by atoms with Crippen LogP contribution in [-0.2, 0) is 4.74 Å². The van der Waals surface area contributed by atoms with Gasteiger partial charge in [0.05, 0.1) is 22.6 Å². The lowest BCUT2D eigenvalue weighted by atomic mass is 10.1. The van der Waals surface area contributed by atoms with Crippen molar-refractivity contribution < 1.29 is 14.3 Å². The molecule has 10 heteroatoms. The molecule has 2 amide bonds. The Kier molecular flexibility index (Phi) is 6.41. The first-order chi connectivity index (χ1) is 18.1. The molecule has 0 saturated heterocycles. The Balaban J connectivity index is 1.60. The number of aromatic nitrogens is 3. The average Bonchev–Trinajstić information content (AvgIpc) is 3.17. The number of nitrogens with zero attached hydrogens (tertiary/aromatic N) is 4. The number of pyridine rings is 1. The van der Waals surface area contributed by atoms with Gasteiger partial charge in [-0.25, -0.2) is 9.78 Å². The third kappa shape index (κ3) is 4.73. The Labute approximate surface area is 224 Å². The molecule has 194 valence electrons. The van der Waals surface area contributed by atoms with Crippen LogP contribution in [0.1, 0.15) is 43.1 Å². The summed E-state index contributed by atoms with van der Waals surface area (Å²) in [5, 5.41) is 16.8. The molecule has 0 fully saturated rings. The third-order valence-corrected chi connectivity index (χ3v) is 7.15. The van der Waals surface area contributed by atoms with Crippen molar-refractivity contribution in [2.45, 2.75) is 46.3 Å². The zero-order valence-corrected chi connectivity index (χ0v) is 22.9. The average molecular weight is 529 g/mol. The first-order valence-corrected chi connectivity index (χ1v) is 13.0. The van der Waals surface area contributed by atoms with Crippen LogP contribution in [0.25, 0.3) is 32.2 Å². The molecule has 1 aliphatic rings. The Morgan fingerprint density at radius 2 is 2.00 bits per heavy atom. The summed E-state index contributed by atoms with van der Waals surface area (Å²) in [5.41, 5.74) is 2.91. The summed E-state index contributed by atoms with van der Waals surface area (Å²) >= 11 is 1.45. The maximum atomic E-state index is 12.9. The van der Waals surface area contributed by atoms with Crippen molar-refractivity contribution in [3.05, 3.63) is 40.9 Å². The predicted octanol–water partition coefficient (Wildman–Crippen LogP) is 5.13. The smallest absolute Gasteiger partial charge is 0.415 e. The molecule has 0 saturated carbocycles. The molecule has 1 aliphatic heterocycles. The van der Waals surface area contributed by atoms with E-state index in [1.54, 1.807) is 14.0 Å². The number of hydrogen-bond donors (Lipinski definition) is 2. The summed E-state index contributed by atoms with van der Waals surface area (Å²) in [7, 11) is 1.61. The van der Waals surface area contributed by atoms with Crippen molar-refractivity contribution in [3.63, 3.8) is 0 Å². The number of fused-ring (bicyclic) bond motifs is 5. The van der Waals surface area contributed by atoms with Gasteiger partial charge in [-0.15, -0.1) is 22.4 Å². The summed E-state index contributed by atoms with van der Waals surface area (Å²) in [5.74, 6) is 6.12. The largest absolute Gasteiger partial charge is 0.443 e. The number of thiophene rings is 1. The van der Waals surface area contributed by atoms with E-state index in [2.05, 4.69) is 32.7 Å². The topological polar surface area (TPSA) is 109 Å². The molecule has 3 aromatic heterocycles. The fourth-order valence-electron chi connectivity index (χ4n) is 4.36. The van der Waals surface area contributed by atoms with Gasteiger partial charge in [0.1, 0.15) is 16.5 Å². The molecule has 38 heavy (non-hydrogen) atoms. The van der Waals surface area contributed by atoms with Gasteiger partial charge in [0.15, 0.2) is 5.82 Å². The molecular weight excluding hydrogens is 500 g/mol. The number of ether oxygens (including phenoxy) is 1. The number of hydrogen-bond acceptors (Lipinski definition) is 8. The van der Waals surface area contributed by atoms with Crippen LogP contribution >= 0.6 is 11.3 Å². The van der Waals surface area contributed by atoms with Crippen molar-refractivity contribution in [3.8, 4) is 23.1 Å². The lowest BCUT2D eigenvalue weighted by molar-refractivity contribution is 0.0588. The molecule has 0 radical (unpaired) electrons. The van der Waals surface area contributed by atoms with Gasteiger partial charge in [0.2, 0.25) is 0 Å². The van der Waals surface area contributed by atoms with Gasteiger partial charge in [-0.2, -0.15) is 5.10 Å². The second-order valence-corrected chi connectivity index (χ2v) is 11.1. The van der Waals surface area contributed by atoms with E-state index in [0.29, 0.717) is 34.2 Å². The fourth-order valence-corrected chi connectivity index (χ4v) is 5.45. The first kappa shape index (κ1) is 25.4. The summed E-state index contributed by atoms with van der Waals surface area (Å²) < 4.78 is 6.52. The van der Waals surface area contributed by atoms with E-state index in [0.717, 1.165) is 26.7 Å². The van der Waals surface area contributed by atoms with E-state index in [4.69, 9.17) is 9.72 Å². The number of carbonyl (C=O) groups is 2. The highest BCUT2D eigenvalue weighted by atomic mass is 32.1. The van der Waals surface area contributed by atoms with Crippen LogP contribution in [-0.4, -0.2) is 52.4 Å². The van der Waals surface area contributed by atoms with E-state index >= 15 is 0 Å². The molecule has 4 aromatic rings. The number of amides is 2. The number of rotatable bonds is 2. The molecule has 4 heterocycles. The lowest BCUT2D eigenvalue weighted by Crippen LogP contribution is -2.35. The van der Waals surface area contributed by atoms with E-state index in [1.165, 1.54) is 16.2 Å². The minimum atomic E-state index is -0.650. The number of aryl methyl sites for hydroxylation is 1. The van der Waals surface area contributed by atoms with Gasteiger partial charge in [-0.1, -0.05) is 5.92 Å². The van der Waals surface area contributed by atoms with Crippen molar-refractivity contribution >= 4 is 55.8 Å². The molecular formula is C28H28N6O3S. The van der Waals surface area contributed by atoms with Gasteiger partial charge in [0, 0.05) is 34.6 Å². The predicted molar refractivity (Wildman–Crippen MR) is 151 cm³/mol. The summed E-state index contributed by atoms with van der Waals surface area (Å²) in [4.78, 5) is 32.6. The lowest BCUT2D eigenvalue weighted by Gasteiger charge is -2.25. The maximum Gasteiger partial charge on any atom is 0.415 e. The Morgan fingerprint density at radius 3 is 2.74 bits per heavy atom. The second-order valence-electron chi connectivity index (χ2n) is 10.1. The molecule has 0 aliphatic carbocycles. The first-order valence-electron chi connectivity index (χ1n) is 12.2. The molecule has 0 bridgehead atoms. The van der Waals surface area contributed by atoms with Crippen molar-refractivity contribution in [1.82, 2.24) is 20.5 Å². The monoisotopic (exact) mass is 528 g/mol. The second kappa shape index (κ2) is 9.58. The van der Waals surface area contributed by atoms with Crippen molar-refractivity contribution in [2.75, 3.05) is 23.8 Å². The van der Waals surface area contributed by atoms with Gasteiger partial charge in [-0.3, -0.25) is 9.69 Å². The summed E-state index contributed by atoms with van der Waals surface area (Å²) in [6, 6.07) is 9.41. The van der Waals surface area contributed by atoms with E-state index in [1.807, 2.05) is 58.0 Å². The summed E-state index contributed by atoms with van der Waals surface area (Å²) in [6.45, 7) is 9.55. The minimum Gasteiger partial charge on any atom is -0.443 e. The van der Waals surface area contributed by atoms with Crippen LogP contribution in [0, 0.1) is 18.8 Å². The van der Waals surface area contributed by atoms with Gasteiger partial charge >= 0.3 is 6.09 Å². The zero-order chi connectivity index (χ0) is 27.2. The van der Waals surface area contributed by atoms with Crippen LogP contribution in [0.3, 0.4) is 0 Å². The van der Waals surface area contributed by atoms with Crippen LogP contribution < -0.4 is 15.5 Å². The Morgan fingerprint density at radius 1 is 1.21 bits per heavy atom. The molecule has 5 rings (SSSR count). The highest BCUT2D eigenvalue weighted by Crippen LogP contribution is 2.41. The molecule has 0 unspecified atom stereocenters. The molecule has 1 atom stereocenters. The third-order valence-electron chi connectivity index (χ3n) is 5.99. The van der Waals surface area contributed by atoms with Crippen molar-refractivity contribution in [2.24, 2.45) is 0 Å². The number of benzene rings is 1. The van der Waals surface area contributed by atoms with Crippen LogP contribution in [0.4, 0.5) is 16.3 Å². The molecule has 1 aromatic carbocycles. The van der Waals surface area contributed by atoms with E-state index < -0.39 is 11.7 Å². The summed E-state index contributed by atoms with van der Waals surface area (Å²) in [6.07, 6.45) is -0.532. The SMILES string of the molecule is CC#C[C@@H]1CNc2c(sc3ccc4nc(-c5cc(C)nnc5N(C)C(=O)OC(C)(C)C)ccc4c23)C(=O)N1.